The molecule has 1 atom stereocenters. The monoisotopic (exact) mass is 426 g/mol. The van der Waals surface area contributed by atoms with Crippen molar-refractivity contribution < 1.29 is 13.6 Å². The molecule has 0 fully saturated rings. The minimum absolute atomic E-state index is 0.0352. The SMILES string of the molecule is Cc1csc(N2C(=O)c3oc4ccc(Cl)cc4c(=O)c3[C@H]2c2ccc(F)cc2)n1. The molecule has 1 aliphatic heterocycles. The van der Waals surface area contributed by atoms with Crippen LogP contribution in [0.5, 0.6) is 0 Å². The van der Waals surface area contributed by atoms with E-state index in [2.05, 4.69) is 4.98 Å². The zero-order chi connectivity index (χ0) is 20.3. The van der Waals surface area contributed by atoms with E-state index in [1.165, 1.54) is 34.4 Å². The third kappa shape index (κ3) is 2.77. The van der Waals surface area contributed by atoms with Crippen LogP contribution in [-0.2, 0) is 0 Å². The van der Waals surface area contributed by atoms with Gasteiger partial charge in [0.25, 0.3) is 5.91 Å². The predicted octanol–water partition coefficient (Wildman–Crippen LogP) is 5.10. The van der Waals surface area contributed by atoms with Crippen molar-refractivity contribution in [2.45, 2.75) is 13.0 Å². The summed E-state index contributed by atoms with van der Waals surface area (Å²) < 4.78 is 19.4. The number of carbonyl (C=O) groups excluding carboxylic acids is 1. The molecule has 0 unspecified atom stereocenters. The summed E-state index contributed by atoms with van der Waals surface area (Å²) in [6.07, 6.45) is 0. The summed E-state index contributed by atoms with van der Waals surface area (Å²) in [5, 5.41) is 2.93. The average Bonchev–Trinajstić information content (AvgIpc) is 3.25. The maximum atomic E-state index is 13.5. The van der Waals surface area contributed by atoms with E-state index < -0.39 is 17.8 Å². The van der Waals surface area contributed by atoms with Gasteiger partial charge in [-0.15, -0.1) is 11.3 Å². The highest BCUT2D eigenvalue weighted by molar-refractivity contribution is 7.14. The number of benzene rings is 2. The maximum Gasteiger partial charge on any atom is 0.297 e. The highest BCUT2D eigenvalue weighted by atomic mass is 35.5. The minimum Gasteiger partial charge on any atom is -0.450 e. The lowest BCUT2D eigenvalue weighted by atomic mass is 9.99. The van der Waals surface area contributed by atoms with Crippen molar-refractivity contribution in [1.29, 1.82) is 0 Å². The van der Waals surface area contributed by atoms with Crippen molar-refractivity contribution in [1.82, 2.24) is 4.98 Å². The molecule has 0 N–H and O–H groups in total. The molecule has 2 aromatic carbocycles. The number of fused-ring (bicyclic) bond motifs is 2. The van der Waals surface area contributed by atoms with E-state index in [4.69, 9.17) is 16.0 Å². The molecule has 8 heteroatoms. The molecule has 5 nitrogen and oxygen atoms in total. The second kappa shape index (κ2) is 6.50. The molecule has 144 valence electrons. The van der Waals surface area contributed by atoms with Crippen molar-refractivity contribution in [2.75, 3.05) is 4.90 Å². The smallest absolute Gasteiger partial charge is 0.297 e. The average molecular weight is 427 g/mol. The van der Waals surface area contributed by atoms with Gasteiger partial charge >= 0.3 is 0 Å². The summed E-state index contributed by atoms with van der Waals surface area (Å²) in [6, 6.07) is 9.60. The van der Waals surface area contributed by atoms with Gasteiger partial charge in [-0.25, -0.2) is 9.37 Å². The lowest BCUT2D eigenvalue weighted by Crippen LogP contribution is -2.29. The van der Waals surface area contributed by atoms with Gasteiger partial charge < -0.3 is 4.42 Å². The Morgan fingerprint density at radius 2 is 1.93 bits per heavy atom. The van der Waals surface area contributed by atoms with Crippen molar-refractivity contribution in [3.05, 3.63) is 91.5 Å². The van der Waals surface area contributed by atoms with Gasteiger partial charge in [-0.1, -0.05) is 23.7 Å². The number of amides is 1. The summed E-state index contributed by atoms with van der Waals surface area (Å²) in [5.41, 5.74) is 1.47. The number of aromatic nitrogens is 1. The van der Waals surface area contributed by atoms with Gasteiger partial charge in [-0.2, -0.15) is 0 Å². The molecule has 0 saturated heterocycles. The van der Waals surface area contributed by atoms with Crippen LogP contribution in [0.1, 0.15) is 33.4 Å². The van der Waals surface area contributed by atoms with Crippen LogP contribution in [0.25, 0.3) is 11.0 Å². The summed E-state index contributed by atoms with van der Waals surface area (Å²) in [5.74, 6) is -0.906. The van der Waals surface area contributed by atoms with E-state index >= 15 is 0 Å². The van der Waals surface area contributed by atoms with Gasteiger partial charge in [0.05, 0.1) is 22.7 Å². The first-order chi connectivity index (χ1) is 13.9. The minimum atomic E-state index is -0.775. The number of carbonyl (C=O) groups is 1. The fraction of sp³-hybridized carbons (Fsp3) is 0.0952. The zero-order valence-electron chi connectivity index (χ0n) is 15.0. The molecule has 3 heterocycles. The van der Waals surface area contributed by atoms with Crippen LogP contribution < -0.4 is 10.3 Å². The molecular formula is C21H12ClFN2O3S. The molecule has 0 aliphatic carbocycles. The molecule has 0 radical (unpaired) electrons. The van der Waals surface area contributed by atoms with Gasteiger partial charge in [0.15, 0.2) is 10.6 Å². The number of anilines is 1. The third-order valence-corrected chi connectivity index (χ3v) is 6.02. The lowest BCUT2D eigenvalue weighted by molar-refractivity contribution is 0.0971. The standard InChI is InChI=1S/C21H12ClFN2O3S/c1-10-9-29-21(24-10)25-17(11-2-5-13(23)6-3-11)16-18(26)14-8-12(22)4-7-15(14)28-19(16)20(25)27/h2-9,17H,1H3/t17-/m1/s1. The van der Waals surface area contributed by atoms with Crippen LogP contribution >= 0.6 is 22.9 Å². The van der Waals surface area contributed by atoms with Crippen LogP contribution in [0, 0.1) is 12.7 Å². The quantitative estimate of drug-likeness (QED) is 0.447. The molecule has 2 aromatic heterocycles. The van der Waals surface area contributed by atoms with Crippen LogP contribution in [0.15, 0.2) is 57.1 Å². The number of aryl methyl sites for hydroxylation is 1. The molecular weight excluding hydrogens is 415 g/mol. The van der Waals surface area contributed by atoms with Crippen molar-refractivity contribution >= 4 is 44.9 Å². The molecule has 1 amide bonds. The Morgan fingerprint density at radius 1 is 1.17 bits per heavy atom. The number of hydrogen-bond acceptors (Lipinski definition) is 5. The Bertz CT molecular complexity index is 1350. The topological polar surface area (TPSA) is 63.4 Å². The number of thiazole rings is 1. The Balaban J connectivity index is 1.83. The van der Waals surface area contributed by atoms with E-state index in [1.54, 1.807) is 24.3 Å². The van der Waals surface area contributed by atoms with Gasteiger partial charge in [0.1, 0.15) is 11.4 Å². The highest BCUT2D eigenvalue weighted by Gasteiger charge is 2.44. The van der Waals surface area contributed by atoms with Crippen molar-refractivity contribution in [3.63, 3.8) is 0 Å². The first-order valence-electron chi connectivity index (χ1n) is 8.71. The second-order valence-electron chi connectivity index (χ2n) is 6.72. The summed E-state index contributed by atoms with van der Waals surface area (Å²) in [6.45, 7) is 1.82. The predicted molar refractivity (Wildman–Crippen MR) is 109 cm³/mol. The largest absolute Gasteiger partial charge is 0.450 e. The van der Waals surface area contributed by atoms with Gasteiger partial charge in [-0.3, -0.25) is 14.5 Å². The molecule has 0 bridgehead atoms. The third-order valence-electron chi connectivity index (χ3n) is 4.83. The van der Waals surface area contributed by atoms with Gasteiger partial charge in [-0.05, 0) is 42.8 Å². The Labute approximate surface area is 173 Å². The van der Waals surface area contributed by atoms with Crippen LogP contribution in [0.4, 0.5) is 9.52 Å². The summed E-state index contributed by atoms with van der Waals surface area (Å²) >= 11 is 7.35. The molecule has 5 rings (SSSR count). The normalized spacial score (nSPS) is 15.9. The Kier molecular flexibility index (Phi) is 4.04. The fourth-order valence-electron chi connectivity index (χ4n) is 3.56. The van der Waals surface area contributed by atoms with Gasteiger partial charge in [0, 0.05) is 10.4 Å². The Morgan fingerprint density at radius 3 is 2.62 bits per heavy atom. The fourth-order valence-corrected chi connectivity index (χ4v) is 4.55. The zero-order valence-corrected chi connectivity index (χ0v) is 16.6. The summed E-state index contributed by atoms with van der Waals surface area (Å²) in [4.78, 5) is 32.5. The molecule has 0 spiro atoms. The molecule has 4 aromatic rings. The van der Waals surface area contributed by atoms with Crippen LogP contribution in [-0.4, -0.2) is 10.9 Å². The number of nitrogens with zero attached hydrogens (tertiary/aromatic N) is 2. The molecule has 1 aliphatic rings. The Hall–Kier alpha value is -3.03. The van der Waals surface area contributed by atoms with Crippen molar-refractivity contribution in [2.24, 2.45) is 0 Å². The van der Waals surface area contributed by atoms with E-state index in [0.717, 1.165) is 5.69 Å². The van der Waals surface area contributed by atoms with Crippen LogP contribution in [0.2, 0.25) is 5.02 Å². The van der Waals surface area contributed by atoms with E-state index in [9.17, 15) is 14.0 Å². The molecule has 0 saturated carbocycles. The maximum absolute atomic E-state index is 13.5. The van der Waals surface area contributed by atoms with E-state index in [-0.39, 0.29) is 27.7 Å². The van der Waals surface area contributed by atoms with E-state index in [0.29, 0.717) is 15.7 Å². The number of halogens is 2. The first kappa shape index (κ1) is 18.0. The van der Waals surface area contributed by atoms with Gasteiger partial charge in [0.2, 0.25) is 5.76 Å². The first-order valence-corrected chi connectivity index (χ1v) is 9.97. The van der Waals surface area contributed by atoms with Crippen LogP contribution in [0.3, 0.4) is 0 Å². The lowest BCUT2D eigenvalue weighted by Gasteiger charge is -2.22. The van der Waals surface area contributed by atoms with E-state index in [1.807, 2.05) is 12.3 Å². The number of rotatable bonds is 2. The van der Waals surface area contributed by atoms with Crippen molar-refractivity contribution in [3.8, 4) is 0 Å². The summed E-state index contributed by atoms with van der Waals surface area (Å²) in [7, 11) is 0. The highest BCUT2D eigenvalue weighted by Crippen LogP contribution is 2.42. The second-order valence-corrected chi connectivity index (χ2v) is 7.99. The number of hydrogen-bond donors (Lipinski definition) is 0. The molecule has 29 heavy (non-hydrogen) atoms.